The molecule has 0 aliphatic carbocycles. The zero-order valence-electron chi connectivity index (χ0n) is 26.3. The van der Waals surface area contributed by atoms with E-state index in [4.69, 9.17) is 4.42 Å². The SMILES string of the molecule is c1ccc(-c2ccccc2N(c2ccccc2-c2cccc(-c3cccc4ccccc34)c2)c2cccc3oc4ccccc4c23)cc1. The highest BCUT2D eigenvalue weighted by Crippen LogP contribution is 2.48. The van der Waals surface area contributed by atoms with Crippen LogP contribution in [0, 0.1) is 0 Å². The Balaban J connectivity index is 1.31. The molecule has 0 aliphatic heterocycles. The Hall–Kier alpha value is -6.38. The molecule has 2 heteroatoms. The Morgan fingerprint density at radius 3 is 1.65 bits per heavy atom. The number of hydrogen-bond donors (Lipinski definition) is 0. The van der Waals surface area contributed by atoms with Gasteiger partial charge in [-0.3, -0.25) is 0 Å². The summed E-state index contributed by atoms with van der Waals surface area (Å²) in [7, 11) is 0. The monoisotopic (exact) mass is 613 g/mol. The van der Waals surface area contributed by atoms with Crippen LogP contribution >= 0.6 is 0 Å². The smallest absolute Gasteiger partial charge is 0.137 e. The van der Waals surface area contributed by atoms with Gasteiger partial charge in [0.05, 0.1) is 22.4 Å². The van der Waals surface area contributed by atoms with Crippen LogP contribution in [-0.2, 0) is 0 Å². The van der Waals surface area contributed by atoms with E-state index < -0.39 is 0 Å². The molecule has 48 heavy (non-hydrogen) atoms. The van der Waals surface area contributed by atoms with Gasteiger partial charge in [0.1, 0.15) is 11.2 Å². The van der Waals surface area contributed by atoms with Crippen LogP contribution in [0.15, 0.2) is 192 Å². The number of rotatable bonds is 6. The van der Waals surface area contributed by atoms with Crippen LogP contribution in [0.2, 0.25) is 0 Å². The van der Waals surface area contributed by atoms with E-state index in [9.17, 15) is 0 Å². The standard InChI is InChI=1S/C46H31NO/c1-2-15-33(16-3-1)38-22-6-9-26-41(38)47(43-28-14-30-45-46(43)40-24-8-11-29-44(40)48-45)42-27-10-7-23-39(42)35-20-12-19-34(31-35)37-25-13-18-32-17-4-5-21-36(32)37/h1-31H. The summed E-state index contributed by atoms with van der Waals surface area (Å²) in [5, 5.41) is 4.68. The first-order valence-corrected chi connectivity index (χ1v) is 16.4. The molecule has 9 rings (SSSR count). The van der Waals surface area contributed by atoms with E-state index in [0.29, 0.717) is 0 Å². The minimum Gasteiger partial charge on any atom is -0.456 e. The van der Waals surface area contributed by atoms with Crippen molar-refractivity contribution in [1.29, 1.82) is 0 Å². The first-order chi connectivity index (χ1) is 23.8. The fourth-order valence-electron chi connectivity index (χ4n) is 7.11. The molecular weight excluding hydrogens is 583 g/mol. The fourth-order valence-corrected chi connectivity index (χ4v) is 7.11. The quantitative estimate of drug-likeness (QED) is 0.185. The van der Waals surface area contributed by atoms with Crippen molar-refractivity contribution < 1.29 is 4.42 Å². The van der Waals surface area contributed by atoms with Gasteiger partial charge < -0.3 is 9.32 Å². The van der Waals surface area contributed by atoms with Crippen molar-refractivity contribution in [3.05, 3.63) is 188 Å². The Morgan fingerprint density at radius 1 is 0.333 bits per heavy atom. The highest BCUT2D eigenvalue weighted by Gasteiger charge is 2.24. The molecule has 0 atom stereocenters. The van der Waals surface area contributed by atoms with E-state index in [1.165, 1.54) is 21.9 Å². The van der Waals surface area contributed by atoms with Gasteiger partial charge in [-0.2, -0.15) is 0 Å². The number of fused-ring (bicyclic) bond motifs is 4. The summed E-state index contributed by atoms with van der Waals surface area (Å²) in [5.41, 5.74) is 12.0. The van der Waals surface area contributed by atoms with Gasteiger partial charge >= 0.3 is 0 Å². The van der Waals surface area contributed by atoms with Gasteiger partial charge in [-0.05, 0) is 69.4 Å². The maximum Gasteiger partial charge on any atom is 0.137 e. The van der Waals surface area contributed by atoms with Crippen LogP contribution in [0.25, 0.3) is 66.1 Å². The number of hydrogen-bond acceptors (Lipinski definition) is 2. The molecular formula is C46H31NO. The normalized spacial score (nSPS) is 11.3. The average Bonchev–Trinajstić information content (AvgIpc) is 3.55. The molecule has 0 amide bonds. The van der Waals surface area contributed by atoms with E-state index in [1.54, 1.807) is 0 Å². The molecule has 9 aromatic rings. The second-order valence-corrected chi connectivity index (χ2v) is 12.1. The highest BCUT2D eigenvalue weighted by molar-refractivity contribution is 6.14. The molecule has 0 unspecified atom stereocenters. The number of furan rings is 1. The molecule has 0 bridgehead atoms. The lowest BCUT2D eigenvalue weighted by Crippen LogP contribution is -2.12. The Morgan fingerprint density at radius 2 is 0.833 bits per heavy atom. The van der Waals surface area contributed by atoms with Gasteiger partial charge in [-0.25, -0.2) is 0 Å². The number of para-hydroxylation sites is 3. The maximum absolute atomic E-state index is 6.42. The summed E-state index contributed by atoms with van der Waals surface area (Å²) in [4.78, 5) is 2.42. The lowest BCUT2D eigenvalue weighted by Gasteiger charge is -2.30. The largest absolute Gasteiger partial charge is 0.456 e. The predicted molar refractivity (Wildman–Crippen MR) is 202 cm³/mol. The summed E-state index contributed by atoms with van der Waals surface area (Å²) < 4.78 is 6.42. The Bertz CT molecular complexity index is 2570. The van der Waals surface area contributed by atoms with E-state index in [1.807, 2.05) is 12.1 Å². The van der Waals surface area contributed by atoms with Gasteiger partial charge in [-0.15, -0.1) is 0 Å². The van der Waals surface area contributed by atoms with Crippen molar-refractivity contribution in [2.75, 3.05) is 4.90 Å². The molecule has 0 radical (unpaired) electrons. The number of benzene rings is 8. The van der Waals surface area contributed by atoms with E-state index >= 15 is 0 Å². The summed E-state index contributed by atoms with van der Waals surface area (Å²) in [5.74, 6) is 0. The second kappa shape index (κ2) is 11.8. The molecule has 0 saturated heterocycles. The summed E-state index contributed by atoms with van der Waals surface area (Å²) in [6, 6.07) is 66.9. The van der Waals surface area contributed by atoms with Crippen molar-refractivity contribution in [2.24, 2.45) is 0 Å². The number of nitrogens with zero attached hydrogens (tertiary/aromatic N) is 1. The molecule has 0 spiro atoms. The van der Waals surface area contributed by atoms with Gasteiger partial charge in [-0.1, -0.05) is 152 Å². The van der Waals surface area contributed by atoms with Gasteiger partial charge in [0, 0.05) is 16.5 Å². The third-order valence-corrected chi connectivity index (χ3v) is 9.27. The van der Waals surface area contributed by atoms with Crippen LogP contribution in [0.4, 0.5) is 17.1 Å². The summed E-state index contributed by atoms with van der Waals surface area (Å²) in [6.45, 7) is 0. The first-order valence-electron chi connectivity index (χ1n) is 16.4. The fraction of sp³-hybridized carbons (Fsp3) is 0. The van der Waals surface area contributed by atoms with Gasteiger partial charge in [0.25, 0.3) is 0 Å². The number of anilines is 3. The molecule has 226 valence electrons. The van der Waals surface area contributed by atoms with E-state index in [-0.39, 0.29) is 0 Å². The maximum atomic E-state index is 6.42. The van der Waals surface area contributed by atoms with Crippen molar-refractivity contribution >= 4 is 49.8 Å². The molecule has 0 saturated carbocycles. The highest BCUT2D eigenvalue weighted by atomic mass is 16.3. The predicted octanol–water partition coefficient (Wildman–Crippen LogP) is 13.2. The first kappa shape index (κ1) is 27.9. The molecule has 0 aliphatic rings. The van der Waals surface area contributed by atoms with Crippen molar-refractivity contribution in [3.8, 4) is 33.4 Å². The van der Waals surface area contributed by atoms with Crippen LogP contribution in [0.1, 0.15) is 0 Å². The lowest BCUT2D eigenvalue weighted by atomic mass is 9.94. The van der Waals surface area contributed by atoms with Crippen molar-refractivity contribution in [1.82, 2.24) is 0 Å². The minimum absolute atomic E-state index is 0.867. The van der Waals surface area contributed by atoms with Gasteiger partial charge in [0.2, 0.25) is 0 Å². The molecule has 1 heterocycles. The second-order valence-electron chi connectivity index (χ2n) is 12.1. The topological polar surface area (TPSA) is 16.4 Å². The van der Waals surface area contributed by atoms with E-state index in [0.717, 1.165) is 61.3 Å². The van der Waals surface area contributed by atoms with Crippen LogP contribution in [0.3, 0.4) is 0 Å². The summed E-state index contributed by atoms with van der Waals surface area (Å²) in [6.07, 6.45) is 0. The molecule has 8 aromatic carbocycles. The molecule has 0 fully saturated rings. The Kier molecular flexibility index (Phi) is 6.84. The molecule has 1 aromatic heterocycles. The molecule has 0 N–H and O–H groups in total. The third kappa shape index (κ3) is 4.74. The minimum atomic E-state index is 0.867. The summed E-state index contributed by atoms with van der Waals surface area (Å²) >= 11 is 0. The van der Waals surface area contributed by atoms with Crippen molar-refractivity contribution in [2.45, 2.75) is 0 Å². The zero-order chi connectivity index (χ0) is 31.9. The molecule has 2 nitrogen and oxygen atoms in total. The zero-order valence-corrected chi connectivity index (χ0v) is 26.3. The van der Waals surface area contributed by atoms with Crippen LogP contribution < -0.4 is 4.90 Å². The van der Waals surface area contributed by atoms with Crippen LogP contribution in [0.5, 0.6) is 0 Å². The van der Waals surface area contributed by atoms with E-state index in [2.05, 4.69) is 181 Å². The van der Waals surface area contributed by atoms with Gasteiger partial charge in [0.15, 0.2) is 0 Å². The van der Waals surface area contributed by atoms with Crippen LogP contribution in [-0.4, -0.2) is 0 Å². The lowest BCUT2D eigenvalue weighted by molar-refractivity contribution is 0.669. The Labute approximate surface area is 279 Å². The third-order valence-electron chi connectivity index (χ3n) is 9.27. The van der Waals surface area contributed by atoms with Crippen molar-refractivity contribution in [3.63, 3.8) is 0 Å². The average molecular weight is 614 g/mol.